The first-order valence-electron chi connectivity index (χ1n) is 11.6. The molecule has 1 N–H and O–H groups in total. The van der Waals surface area contributed by atoms with Gasteiger partial charge < -0.3 is 19.2 Å². The fourth-order valence-electron chi connectivity index (χ4n) is 3.64. The van der Waals surface area contributed by atoms with E-state index < -0.39 is 0 Å². The minimum atomic E-state index is -0.388. The molecule has 0 bridgehead atoms. The second kappa shape index (κ2) is 11.0. The third-order valence-electron chi connectivity index (χ3n) is 5.61. The van der Waals surface area contributed by atoms with Gasteiger partial charge in [0.1, 0.15) is 30.1 Å². The van der Waals surface area contributed by atoms with Crippen LogP contribution < -0.4 is 19.7 Å². The number of halogens is 1. The molecule has 0 aliphatic carbocycles. The van der Waals surface area contributed by atoms with Crippen molar-refractivity contribution in [3.8, 4) is 11.5 Å². The number of benzene rings is 2. The zero-order chi connectivity index (χ0) is 25.7. The average molecular weight is 496 g/mol. The number of unbranched alkanes of at least 4 members (excludes halogenated alkanes) is 1. The normalized spacial score (nSPS) is 12.6. The van der Waals surface area contributed by atoms with Crippen molar-refractivity contribution in [3.63, 3.8) is 0 Å². The van der Waals surface area contributed by atoms with Crippen molar-refractivity contribution in [2.45, 2.75) is 33.2 Å². The largest absolute Gasteiger partial charge is 0.485 e. The van der Waals surface area contributed by atoms with Crippen molar-refractivity contribution >= 4 is 23.3 Å². The van der Waals surface area contributed by atoms with E-state index in [0.717, 1.165) is 12.8 Å². The lowest BCUT2D eigenvalue weighted by Gasteiger charge is -2.28. The van der Waals surface area contributed by atoms with Crippen LogP contribution in [0.3, 0.4) is 0 Å². The van der Waals surface area contributed by atoms with Gasteiger partial charge in [-0.05, 0) is 55.3 Å². The standard InChI is InChI=1S/C26H26FN3O6/c1-3-4-9-28-26(33)19-13-36-24(29-19)12-30-20-11-17(5-7-23(20)35-15-25(30)32)21(31)14-34-22-8-6-18(27)10-16(22)2/h5-8,10-11,13H,3-4,9,12,14-15H2,1-2H3,(H,28,33). The first kappa shape index (κ1) is 24.9. The lowest BCUT2D eigenvalue weighted by Crippen LogP contribution is -2.38. The van der Waals surface area contributed by atoms with Gasteiger partial charge in [-0.25, -0.2) is 9.37 Å². The molecule has 0 fully saturated rings. The van der Waals surface area contributed by atoms with E-state index in [0.29, 0.717) is 34.9 Å². The number of hydrogen-bond acceptors (Lipinski definition) is 7. The van der Waals surface area contributed by atoms with Gasteiger partial charge in [-0.3, -0.25) is 19.3 Å². The Kier molecular flexibility index (Phi) is 7.62. The van der Waals surface area contributed by atoms with Crippen molar-refractivity contribution in [3.05, 3.63) is 71.2 Å². The number of Topliss-reactive ketones (excluding diaryl/α,β-unsaturated/α-hetero) is 1. The fourth-order valence-corrected chi connectivity index (χ4v) is 3.64. The van der Waals surface area contributed by atoms with Crippen LogP contribution in [0, 0.1) is 12.7 Å². The maximum atomic E-state index is 13.3. The van der Waals surface area contributed by atoms with Crippen LogP contribution >= 0.6 is 0 Å². The van der Waals surface area contributed by atoms with Crippen molar-refractivity contribution in [1.29, 1.82) is 0 Å². The van der Waals surface area contributed by atoms with E-state index in [9.17, 15) is 18.8 Å². The molecule has 0 saturated carbocycles. The highest BCUT2D eigenvalue weighted by atomic mass is 19.1. The minimum Gasteiger partial charge on any atom is -0.485 e. The van der Waals surface area contributed by atoms with Gasteiger partial charge in [-0.2, -0.15) is 0 Å². The van der Waals surface area contributed by atoms with Crippen LogP contribution in [0.1, 0.15) is 52.1 Å². The van der Waals surface area contributed by atoms with E-state index in [1.54, 1.807) is 19.1 Å². The number of fused-ring (bicyclic) bond motifs is 1. The summed E-state index contributed by atoms with van der Waals surface area (Å²) in [4.78, 5) is 43.2. The topological polar surface area (TPSA) is 111 Å². The molecule has 2 heterocycles. The fraction of sp³-hybridized carbons (Fsp3) is 0.308. The summed E-state index contributed by atoms with van der Waals surface area (Å²) < 4.78 is 29.8. The molecule has 0 atom stereocenters. The predicted molar refractivity (Wildman–Crippen MR) is 128 cm³/mol. The van der Waals surface area contributed by atoms with Crippen molar-refractivity contribution in [1.82, 2.24) is 10.3 Å². The molecule has 2 aromatic carbocycles. The van der Waals surface area contributed by atoms with Crippen LogP contribution in [0.25, 0.3) is 0 Å². The highest BCUT2D eigenvalue weighted by molar-refractivity contribution is 6.02. The molecule has 1 aromatic heterocycles. The minimum absolute atomic E-state index is 0.0413. The van der Waals surface area contributed by atoms with E-state index in [1.165, 1.54) is 35.4 Å². The van der Waals surface area contributed by atoms with Crippen molar-refractivity contribution < 1.29 is 32.7 Å². The van der Waals surface area contributed by atoms with E-state index >= 15 is 0 Å². The molecule has 36 heavy (non-hydrogen) atoms. The Morgan fingerprint density at radius 1 is 1.22 bits per heavy atom. The van der Waals surface area contributed by atoms with Gasteiger partial charge in [0.2, 0.25) is 5.89 Å². The van der Waals surface area contributed by atoms with Crippen LogP contribution in [-0.2, 0) is 11.3 Å². The van der Waals surface area contributed by atoms with Gasteiger partial charge in [0, 0.05) is 12.1 Å². The summed E-state index contributed by atoms with van der Waals surface area (Å²) >= 11 is 0. The predicted octanol–water partition coefficient (Wildman–Crippen LogP) is 3.84. The Labute approximate surface area is 207 Å². The van der Waals surface area contributed by atoms with E-state index in [2.05, 4.69) is 10.3 Å². The van der Waals surface area contributed by atoms with Crippen LogP contribution in [0.5, 0.6) is 11.5 Å². The molecule has 3 aromatic rings. The summed E-state index contributed by atoms with van der Waals surface area (Å²) in [7, 11) is 0. The summed E-state index contributed by atoms with van der Waals surface area (Å²) in [6.07, 6.45) is 3.05. The summed E-state index contributed by atoms with van der Waals surface area (Å²) in [6, 6.07) is 8.77. The Morgan fingerprint density at radius 3 is 2.83 bits per heavy atom. The lowest BCUT2D eigenvalue weighted by atomic mass is 10.1. The Balaban J connectivity index is 1.47. The molecule has 2 amide bonds. The second-order valence-electron chi connectivity index (χ2n) is 8.31. The molecule has 9 nitrogen and oxygen atoms in total. The molecule has 188 valence electrons. The number of ether oxygens (including phenoxy) is 2. The summed E-state index contributed by atoms with van der Waals surface area (Å²) in [5, 5.41) is 2.76. The maximum Gasteiger partial charge on any atom is 0.273 e. The van der Waals surface area contributed by atoms with E-state index in [1.807, 2.05) is 6.92 Å². The van der Waals surface area contributed by atoms with Crippen LogP contribution in [0.15, 0.2) is 47.1 Å². The highest BCUT2D eigenvalue weighted by Gasteiger charge is 2.28. The number of aryl methyl sites for hydroxylation is 1. The summed E-state index contributed by atoms with van der Waals surface area (Å²) in [5.41, 5.74) is 1.38. The number of rotatable bonds is 10. The quantitative estimate of drug-likeness (QED) is 0.336. The Morgan fingerprint density at radius 2 is 2.06 bits per heavy atom. The number of ketones is 1. The number of nitrogens with zero attached hydrogens (tertiary/aromatic N) is 2. The van der Waals surface area contributed by atoms with Gasteiger partial charge in [0.25, 0.3) is 11.8 Å². The van der Waals surface area contributed by atoms with Gasteiger partial charge in [0.15, 0.2) is 24.7 Å². The first-order chi connectivity index (χ1) is 17.4. The smallest absolute Gasteiger partial charge is 0.273 e. The van der Waals surface area contributed by atoms with Gasteiger partial charge in [0.05, 0.1) is 5.69 Å². The molecule has 1 aliphatic heterocycles. The Hall–Kier alpha value is -4.21. The molecule has 10 heteroatoms. The zero-order valence-corrected chi connectivity index (χ0v) is 20.0. The SMILES string of the molecule is CCCCNC(=O)c1coc(CN2C(=O)COc3ccc(C(=O)COc4ccc(F)cc4C)cc32)n1. The van der Waals surface area contributed by atoms with Gasteiger partial charge in [-0.15, -0.1) is 0 Å². The average Bonchev–Trinajstić information content (AvgIpc) is 3.34. The van der Waals surface area contributed by atoms with Crippen molar-refractivity contribution in [2.24, 2.45) is 0 Å². The van der Waals surface area contributed by atoms with E-state index in [4.69, 9.17) is 13.9 Å². The number of oxazole rings is 1. The molecule has 4 rings (SSSR count). The van der Waals surface area contributed by atoms with Crippen molar-refractivity contribution in [2.75, 3.05) is 24.7 Å². The second-order valence-corrected chi connectivity index (χ2v) is 8.31. The number of carbonyl (C=O) groups excluding carboxylic acids is 3. The maximum absolute atomic E-state index is 13.3. The number of amides is 2. The molecule has 0 spiro atoms. The monoisotopic (exact) mass is 495 g/mol. The number of nitrogens with one attached hydrogen (secondary N) is 1. The molecule has 0 radical (unpaired) electrons. The third kappa shape index (κ3) is 5.70. The number of hydrogen-bond donors (Lipinski definition) is 1. The highest BCUT2D eigenvalue weighted by Crippen LogP contribution is 2.34. The summed E-state index contributed by atoms with van der Waals surface area (Å²) in [6.45, 7) is 3.75. The molecular weight excluding hydrogens is 469 g/mol. The molecule has 1 aliphatic rings. The number of carbonyl (C=O) groups is 3. The summed E-state index contributed by atoms with van der Waals surface area (Å²) in [5.74, 6) is -0.424. The number of aromatic nitrogens is 1. The van der Waals surface area contributed by atoms with E-state index in [-0.39, 0.29) is 54.8 Å². The van der Waals surface area contributed by atoms with Crippen LogP contribution in [-0.4, -0.2) is 42.3 Å². The molecule has 0 unspecified atom stereocenters. The van der Waals surface area contributed by atoms with Crippen LogP contribution in [0.4, 0.5) is 10.1 Å². The Bertz CT molecular complexity index is 1290. The molecule has 0 saturated heterocycles. The number of anilines is 1. The van der Waals surface area contributed by atoms with Crippen LogP contribution in [0.2, 0.25) is 0 Å². The molecular formula is C26H26FN3O6. The third-order valence-corrected chi connectivity index (χ3v) is 5.61. The van der Waals surface area contributed by atoms with Gasteiger partial charge >= 0.3 is 0 Å². The zero-order valence-electron chi connectivity index (χ0n) is 20.0. The van der Waals surface area contributed by atoms with Gasteiger partial charge in [-0.1, -0.05) is 13.3 Å². The lowest BCUT2D eigenvalue weighted by molar-refractivity contribution is -0.121. The first-order valence-corrected chi connectivity index (χ1v) is 11.6.